The van der Waals surface area contributed by atoms with Crippen molar-refractivity contribution in [1.82, 2.24) is 0 Å². The summed E-state index contributed by atoms with van der Waals surface area (Å²) in [5, 5.41) is 0. The lowest BCUT2D eigenvalue weighted by Gasteiger charge is -2.33. The summed E-state index contributed by atoms with van der Waals surface area (Å²) in [4.78, 5) is 0. The zero-order chi connectivity index (χ0) is 8.55. The van der Waals surface area contributed by atoms with Gasteiger partial charge in [-0.1, -0.05) is 30.7 Å². The standard InChI is InChI=1S/C11H16O/c1-8-3-4-10-5-9(2)7-12-11(10)6-8/h3-4,6,9-11H,5,7H2,1-2H3. The average Bonchev–Trinajstić information content (AvgIpc) is 2.05. The highest BCUT2D eigenvalue weighted by Crippen LogP contribution is 2.30. The minimum absolute atomic E-state index is 0.367. The van der Waals surface area contributed by atoms with E-state index < -0.39 is 0 Å². The predicted molar refractivity (Wildman–Crippen MR) is 49.9 cm³/mol. The van der Waals surface area contributed by atoms with Crippen LogP contribution in [0.15, 0.2) is 23.8 Å². The Kier molecular flexibility index (Phi) is 2.05. The van der Waals surface area contributed by atoms with E-state index in [1.807, 2.05) is 0 Å². The third-order valence-electron chi connectivity index (χ3n) is 2.70. The van der Waals surface area contributed by atoms with Crippen molar-refractivity contribution >= 4 is 0 Å². The van der Waals surface area contributed by atoms with Gasteiger partial charge in [-0.3, -0.25) is 0 Å². The van der Waals surface area contributed by atoms with Gasteiger partial charge >= 0.3 is 0 Å². The Bertz CT molecular complexity index is 227. The quantitative estimate of drug-likeness (QED) is 0.534. The molecule has 0 N–H and O–H groups in total. The topological polar surface area (TPSA) is 9.23 Å². The van der Waals surface area contributed by atoms with Gasteiger partial charge in [-0.05, 0) is 19.3 Å². The van der Waals surface area contributed by atoms with E-state index in [0.717, 1.165) is 12.5 Å². The highest BCUT2D eigenvalue weighted by atomic mass is 16.5. The molecular weight excluding hydrogens is 148 g/mol. The molecule has 0 saturated carbocycles. The van der Waals surface area contributed by atoms with Crippen LogP contribution >= 0.6 is 0 Å². The molecule has 1 heteroatoms. The van der Waals surface area contributed by atoms with Crippen LogP contribution in [0.2, 0.25) is 0 Å². The van der Waals surface area contributed by atoms with Gasteiger partial charge in [-0.25, -0.2) is 0 Å². The molecule has 1 heterocycles. The van der Waals surface area contributed by atoms with Crippen molar-refractivity contribution in [3.05, 3.63) is 23.8 Å². The zero-order valence-corrected chi connectivity index (χ0v) is 7.79. The maximum atomic E-state index is 5.74. The van der Waals surface area contributed by atoms with Gasteiger partial charge in [0.15, 0.2) is 0 Å². The Hall–Kier alpha value is -0.560. The normalized spacial score (nSPS) is 40.5. The fraction of sp³-hybridized carbons (Fsp3) is 0.636. The van der Waals surface area contributed by atoms with Crippen molar-refractivity contribution in [2.24, 2.45) is 11.8 Å². The molecule has 0 aromatic rings. The van der Waals surface area contributed by atoms with E-state index in [1.54, 1.807) is 0 Å². The van der Waals surface area contributed by atoms with Gasteiger partial charge in [0, 0.05) is 12.5 Å². The summed E-state index contributed by atoms with van der Waals surface area (Å²) in [5.41, 5.74) is 1.34. The molecule has 0 radical (unpaired) electrons. The van der Waals surface area contributed by atoms with Crippen molar-refractivity contribution in [3.63, 3.8) is 0 Å². The fourth-order valence-corrected chi connectivity index (χ4v) is 2.02. The molecule has 3 unspecified atom stereocenters. The maximum Gasteiger partial charge on any atom is 0.0824 e. The molecule has 3 atom stereocenters. The van der Waals surface area contributed by atoms with E-state index in [2.05, 4.69) is 32.1 Å². The molecule has 12 heavy (non-hydrogen) atoms. The number of allylic oxidation sites excluding steroid dienone is 2. The lowest BCUT2D eigenvalue weighted by molar-refractivity contribution is -0.0110. The second-order valence-electron chi connectivity index (χ2n) is 4.07. The molecule has 66 valence electrons. The third-order valence-corrected chi connectivity index (χ3v) is 2.70. The average molecular weight is 164 g/mol. The molecule has 0 bridgehead atoms. The van der Waals surface area contributed by atoms with Gasteiger partial charge in [0.25, 0.3) is 0 Å². The van der Waals surface area contributed by atoms with E-state index in [4.69, 9.17) is 4.74 Å². The molecule has 2 rings (SSSR count). The smallest absolute Gasteiger partial charge is 0.0824 e. The first-order valence-corrected chi connectivity index (χ1v) is 4.74. The largest absolute Gasteiger partial charge is 0.373 e. The van der Waals surface area contributed by atoms with E-state index in [1.165, 1.54) is 12.0 Å². The summed E-state index contributed by atoms with van der Waals surface area (Å²) in [6.45, 7) is 5.32. The van der Waals surface area contributed by atoms with E-state index in [0.29, 0.717) is 12.0 Å². The molecule has 1 saturated heterocycles. The first-order valence-electron chi connectivity index (χ1n) is 4.74. The maximum absolute atomic E-state index is 5.74. The Morgan fingerprint density at radius 3 is 3.17 bits per heavy atom. The van der Waals surface area contributed by atoms with Gasteiger partial charge in [-0.2, -0.15) is 0 Å². The molecule has 0 aromatic heterocycles. The van der Waals surface area contributed by atoms with Crippen molar-refractivity contribution in [2.45, 2.75) is 26.4 Å². The van der Waals surface area contributed by atoms with Gasteiger partial charge in [0.05, 0.1) is 6.10 Å². The predicted octanol–water partition coefficient (Wildman–Crippen LogP) is 2.54. The molecular formula is C11H16O. The molecule has 0 spiro atoms. The van der Waals surface area contributed by atoms with Crippen LogP contribution in [0.1, 0.15) is 20.3 Å². The molecule has 1 aliphatic heterocycles. The number of hydrogen-bond acceptors (Lipinski definition) is 1. The highest BCUT2D eigenvalue weighted by Gasteiger charge is 2.27. The van der Waals surface area contributed by atoms with Crippen LogP contribution in [0.25, 0.3) is 0 Å². The Labute approximate surface area is 74.1 Å². The summed E-state index contributed by atoms with van der Waals surface area (Å²) < 4.78 is 5.74. The summed E-state index contributed by atoms with van der Waals surface area (Å²) in [5.74, 6) is 1.36. The van der Waals surface area contributed by atoms with Gasteiger partial charge in [0.1, 0.15) is 0 Å². The van der Waals surface area contributed by atoms with Gasteiger partial charge in [-0.15, -0.1) is 0 Å². The van der Waals surface area contributed by atoms with Crippen LogP contribution in [-0.4, -0.2) is 12.7 Å². The summed E-state index contributed by atoms with van der Waals surface area (Å²) in [7, 11) is 0. The summed E-state index contributed by atoms with van der Waals surface area (Å²) in [6, 6.07) is 0. The zero-order valence-electron chi connectivity index (χ0n) is 7.79. The summed E-state index contributed by atoms with van der Waals surface area (Å²) in [6.07, 6.45) is 8.41. The number of rotatable bonds is 0. The minimum Gasteiger partial charge on any atom is -0.373 e. The highest BCUT2D eigenvalue weighted by molar-refractivity contribution is 5.25. The van der Waals surface area contributed by atoms with Crippen LogP contribution < -0.4 is 0 Å². The number of hydrogen-bond donors (Lipinski definition) is 0. The minimum atomic E-state index is 0.367. The third kappa shape index (κ3) is 1.46. The Balaban J connectivity index is 2.10. The first-order chi connectivity index (χ1) is 5.75. The SMILES string of the molecule is CC1=CC2OCC(C)CC2C=C1. The van der Waals surface area contributed by atoms with Crippen LogP contribution in [0.4, 0.5) is 0 Å². The monoisotopic (exact) mass is 164 g/mol. The molecule has 1 aliphatic carbocycles. The van der Waals surface area contributed by atoms with Crippen LogP contribution in [0, 0.1) is 11.8 Å². The number of fused-ring (bicyclic) bond motifs is 1. The van der Waals surface area contributed by atoms with Gasteiger partial charge in [0.2, 0.25) is 0 Å². The van der Waals surface area contributed by atoms with E-state index >= 15 is 0 Å². The lowest BCUT2D eigenvalue weighted by atomic mass is 9.85. The molecule has 0 aromatic carbocycles. The molecule has 2 aliphatic rings. The molecule has 1 nitrogen and oxygen atoms in total. The molecule has 1 fully saturated rings. The van der Waals surface area contributed by atoms with Crippen molar-refractivity contribution in [3.8, 4) is 0 Å². The first kappa shape index (κ1) is 8.06. The van der Waals surface area contributed by atoms with Gasteiger partial charge < -0.3 is 4.74 Å². The van der Waals surface area contributed by atoms with Crippen molar-refractivity contribution < 1.29 is 4.74 Å². The van der Waals surface area contributed by atoms with E-state index in [9.17, 15) is 0 Å². The van der Waals surface area contributed by atoms with Crippen LogP contribution in [0.5, 0.6) is 0 Å². The molecule has 0 amide bonds. The lowest BCUT2D eigenvalue weighted by Crippen LogP contribution is -2.32. The van der Waals surface area contributed by atoms with Crippen LogP contribution in [0.3, 0.4) is 0 Å². The Morgan fingerprint density at radius 1 is 1.50 bits per heavy atom. The Morgan fingerprint density at radius 2 is 2.33 bits per heavy atom. The van der Waals surface area contributed by atoms with Crippen LogP contribution in [-0.2, 0) is 4.74 Å². The second-order valence-corrected chi connectivity index (χ2v) is 4.07. The fourth-order valence-electron chi connectivity index (χ4n) is 2.02. The van der Waals surface area contributed by atoms with Crippen molar-refractivity contribution in [1.29, 1.82) is 0 Å². The van der Waals surface area contributed by atoms with Crippen molar-refractivity contribution in [2.75, 3.05) is 6.61 Å². The number of ether oxygens (including phenoxy) is 1. The van der Waals surface area contributed by atoms with E-state index in [-0.39, 0.29) is 0 Å². The summed E-state index contributed by atoms with van der Waals surface area (Å²) >= 11 is 0. The second kappa shape index (κ2) is 3.06.